The molecule has 0 saturated carbocycles. The number of aromatic hydroxyl groups is 1. The minimum Gasteiger partial charge on any atom is -0.508 e. The number of Topliss-reactive ketones (excluding diaryl/α,β-unsaturated/α-hetero) is 1. The number of carbonyl (C=O) groups is 1. The smallest absolute Gasteiger partial charge is 0.163 e. The lowest BCUT2D eigenvalue weighted by Gasteiger charge is -2.06. The molecule has 148 valence electrons. The van der Waals surface area contributed by atoms with Gasteiger partial charge in [-0.15, -0.1) is 0 Å². The van der Waals surface area contributed by atoms with Crippen molar-refractivity contribution in [1.29, 1.82) is 0 Å². The van der Waals surface area contributed by atoms with Gasteiger partial charge >= 0.3 is 0 Å². The van der Waals surface area contributed by atoms with Crippen molar-refractivity contribution in [3.63, 3.8) is 0 Å². The number of alkyl halides is 1. The first-order chi connectivity index (χ1) is 12.6. The Balaban J connectivity index is 1.91. The fourth-order valence-corrected chi connectivity index (χ4v) is 3.82. The van der Waals surface area contributed by atoms with E-state index in [-0.39, 0.29) is 11.5 Å². The molecule has 1 N–H and O–H groups in total. The Morgan fingerprint density at radius 1 is 0.808 bits per heavy atom. The standard InChI is InChI=1S/C23H37BrO2/c1-20-19-21(25)16-17-22(20)23(26)15-13-11-9-7-5-3-2-4-6-8-10-12-14-18-24/h16-17,19,25H,2-15,18H2,1H3. The molecule has 1 rings (SSSR count). The molecular formula is C23H37BrO2. The number of carbonyl (C=O) groups excluding carboxylic acids is 1. The van der Waals surface area contributed by atoms with Crippen molar-refractivity contribution >= 4 is 21.7 Å². The number of hydrogen-bond acceptors (Lipinski definition) is 2. The monoisotopic (exact) mass is 424 g/mol. The summed E-state index contributed by atoms with van der Waals surface area (Å²) < 4.78 is 0. The molecule has 0 bridgehead atoms. The summed E-state index contributed by atoms with van der Waals surface area (Å²) in [4.78, 5) is 12.2. The lowest BCUT2D eigenvalue weighted by atomic mass is 9.99. The van der Waals surface area contributed by atoms with E-state index in [2.05, 4.69) is 15.9 Å². The minimum absolute atomic E-state index is 0.207. The Labute approximate surface area is 168 Å². The van der Waals surface area contributed by atoms with Gasteiger partial charge in [-0.05, 0) is 43.5 Å². The van der Waals surface area contributed by atoms with Gasteiger partial charge in [0.05, 0.1) is 0 Å². The number of rotatable bonds is 16. The third kappa shape index (κ3) is 11.0. The first kappa shape index (κ1) is 23.2. The Bertz CT molecular complexity index is 499. The van der Waals surface area contributed by atoms with Crippen LogP contribution in [0.1, 0.15) is 106 Å². The van der Waals surface area contributed by atoms with Crippen LogP contribution >= 0.6 is 15.9 Å². The predicted molar refractivity (Wildman–Crippen MR) is 116 cm³/mol. The largest absolute Gasteiger partial charge is 0.508 e. The number of phenolic OH excluding ortho intramolecular Hbond substituents is 1. The fraction of sp³-hybridized carbons (Fsp3) is 0.696. The number of hydrogen-bond donors (Lipinski definition) is 1. The van der Waals surface area contributed by atoms with Gasteiger partial charge in [-0.25, -0.2) is 0 Å². The molecule has 1 aromatic carbocycles. The Morgan fingerprint density at radius 3 is 1.73 bits per heavy atom. The average Bonchev–Trinajstić information content (AvgIpc) is 2.61. The van der Waals surface area contributed by atoms with Gasteiger partial charge in [0.1, 0.15) is 5.75 Å². The maximum Gasteiger partial charge on any atom is 0.163 e. The van der Waals surface area contributed by atoms with E-state index in [9.17, 15) is 9.90 Å². The summed E-state index contributed by atoms with van der Waals surface area (Å²) in [6, 6.07) is 5.01. The van der Waals surface area contributed by atoms with Gasteiger partial charge in [-0.2, -0.15) is 0 Å². The van der Waals surface area contributed by atoms with E-state index in [1.807, 2.05) is 6.92 Å². The molecular weight excluding hydrogens is 388 g/mol. The van der Waals surface area contributed by atoms with Gasteiger partial charge in [0.2, 0.25) is 0 Å². The molecule has 0 spiro atoms. The maximum atomic E-state index is 12.2. The van der Waals surface area contributed by atoms with Gasteiger partial charge in [0.25, 0.3) is 0 Å². The molecule has 3 heteroatoms. The van der Waals surface area contributed by atoms with Gasteiger partial charge in [0, 0.05) is 17.3 Å². The van der Waals surface area contributed by atoms with Crippen molar-refractivity contribution in [2.75, 3.05) is 5.33 Å². The van der Waals surface area contributed by atoms with Crippen LogP contribution in [-0.2, 0) is 0 Å². The third-order valence-corrected chi connectivity index (χ3v) is 5.61. The molecule has 0 aromatic heterocycles. The third-order valence-electron chi connectivity index (χ3n) is 5.05. The SMILES string of the molecule is Cc1cc(O)ccc1C(=O)CCCCCCCCCCCCCCCBr. The van der Waals surface area contributed by atoms with Crippen LogP contribution < -0.4 is 0 Å². The molecule has 26 heavy (non-hydrogen) atoms. The second-order valence-electron chi connectivity index (χ2n) is 7.46. The van der Waals surface area contributed by atoms with Crippen molar-refractivity contribution in [2.45, 2.75) is 96.8 Å². The van der Waals surface area contributed by atoms with Crippen LogP contribution in [0.15, 0.2) is 18.2 Å². The lowest BCUT2D eigenvalue weighted by molar-refractivity contribution is 0.0978. The highest BCUT2D eigenvalue weighted by Gasteiger charge is 2.09. The molecule has 0 aliphatic heterocycles. The molecule has 0 aliphatic rings. The Kier molecular flexibility index (Phi) is 13.6. The summed E-state index contributed by atoms with van der Waals surface area (Å²) >= 11 is 3.48. The van der Waals surface area contributed by atoms with E-state index in [0.717, 1.165) is 29.3 Å². The van der Waals surface area contributed by atoms with Gasteiger partial charge in [0.15, 0.2) is 5.78 Å². The number of unbranched alkanes of at least 4 members (excludes halogenated alkanes) is 12. The van der Waals surface area contributed by atoms with Crippen molar-refractivity contribution in [1.82, 2.24) is 0 Å². The van der Waals surface area contributed by atoms with Gasteiger partial charge < -0.3 is 5.11 Å². The summed E-state index contributed by atoms with van der Waals surface area (Å²) in [5, 5.41) is 10.6. The summed E-state index contributed by atoms with van der Waals surface area (Å²) in [6.45, 7) is 1.89. The second-order valence-corrected chi connectivity index (χ2v) is 8.25. The van der Waals surface area contributed by atoms with Crippen LogP contribution in [0.4, 0.5) is 0 Å². The lowest BCUT2D eigenvalue weighted by Crippen LogP contribution is -2.01. The van der Waals surface area contributed by atoms with Crippen molar-refractivity contribution in [3.05, 3.63) is 29.3 Å². The Morgan fingerprint density at radius 2 is 1.27 bits per heavy atom. The molecule has 0 fully saturated rings. The Hall–Kier alpha value is -0.830. The number of benzene rings is 1. The van der Waals surface area contributed by atoms with E-state index in [0.29, 0.717) is 6.42 Å². The van der Waals surface area contributed by atoms with E-state index in [1.165, 1.54) is 70.6 Å². The van der Waals surface area contributed by atoms with E-state index in [1.54, 1.807) is 18.2 Å². The summed E-state index contributed by atoms with van der Waals surface area (Å²) in [5.41, 5.74) is 1.63. The topological polar surface area (TPSA) is 37.3 Å². The normalized spacial score (nSPS) is 11.0. The van der Waals surface area contributed by atoms with E-state index in [4.69, 9.17) is 0 Å². The first-order valence-corrected chi connectivity index (χ1v) is 11.7. The van der Waals surface area contributed by atoms with Crippen molar-refractivity contribution in [3.8, 4) is 5.75 Å². The van der Waals surface area contributed by atoms with E-state index >= 15 is 0 Å². The van der Waals surface area contributed by atoms with Crippen LogP contribution in [0.25, 0.3) is 0 Å². The molecule has 2 nitrogen and oxygen atoms in total. The number of halogens is 1. The summed E-state index contributed by atoms with van der Waals surface area (Å²) in [6.07, 6.45) is 17.7. The summed E-state index contributed by atoms with van der Waals surface area (Å²) in [5.74, 6) is 0.437. The highest BCUT2D eigenvalue weighted by molar-refractivity contribution is 9.09. The zero-order valence-electron chi connectivity index (χ0n) is 16.6. The van der Waals surface area contributed by atoms with Gasteiger partial charge in [-0.1, -0.05) is 86.6 Å². The van der Waals surface area contributed by atoms with Crippen molar-refractivity contribution < 1.29 is 9.90 Å². The molecule has 0 saturated heterocycles. The molecule has 1 aromatic rings. The average molecular weight is 425 g/mol. The zero-order chi connectivity index (χ0) is 19.0. The number of aryl methyl sites for hydroxylation is 1. The molecule has 0 amide bonds. The van der Waals surface area contributed by atoms with Crippen LogP contribution in [0.3, 0.4) is 0 Å². The van der Waals surface area contributed by atoms with Crippen LogP contribution in [0, 0.1) is 6.92 Å². The maximum absolute atomic E-state index is 12.2. The zero-order valence-corrected chi connectivity index (χ0v) is 18.2. The summed E-state index contributed by atoms with van der Waals surface area (Å²) in [7, 11) is 0. The highest BCUT2D eigenvalue weighted by Crippen LogP contribution is 2.19. The van der Waals surface area contributed by atoms with Crippen molar-refractivity contribution in [2.24, 2.45) is 0 Å². The predicted octanol–water partition coefficient (Wildman–Crippen LogP) is 7.74. The second kappa shape index (κ2) is 15.2. The molecule has 0 unspecified atom stereocenters. The number of phenols is 1. The minimum atomic E-state index is 0.207. The fourth-order valence-electron chi connectivity index (χ4n) is 3.42. The van der Waals surface area contributed by atoms with Crippen LogP contribution in [0.5, 0.6) is 5.75 Å². The number of ketones is 1. The highest BCUT2D eigenvalue weighted by atomic mass is 79.9. The molecule has 0 heterocycles. The van der Waals surface area contributed by atoms with Crippen LogP contribution in [-0.4, -0.2) is 16.2 Å². The van der Waals surface area contributed by atoms with Gasteiger partial charge in [-0.3, -0.25) is 4.79 Å². The molecule has 0 atom stereocenters. The van der Waals surface area contributed by atoms with Crippen LogP contribution in [0.2, 0.25) is 0 Å². The molecule has 0 aliphatic carbocycles. The van der Waals surface area contributed by atoms with E-state index < -0.39 is 0 Å². The first-order valence-electron chi connectivity index (χ1n) is 10.5. The molecule has 0 radical (unpaired) electrons. The quantitative estimate of drug-likeness (QED) is 0.167.